The molecule has 0 aromatic heterocycles. The zero-order valence-corrected chi connectivity index (χ0v) is 12.9. The summed E-state index contributed by atoms with van der Waals surface area (Å²) in [6, 6.07) is -0.247. The first-order chi connectivity index (χ1) is 8.28. The lowest BCUT2D eigenvalue weighted by atomic mass is 9.85. The minimum atomic E-state index is -0.535. The second-order valence-electron chi connectivity index (χ2n) is 5.77. The average Bonchev–Trinajstić information content (AvgIpc) is 2.40. The van der Waals surface area contributed by atoms with E-state index in [1.165, 1.54) is 0 Å². The van der Waals surface area contributed by atoms with Crippen LogP contribution in [0.15, 0.2) is 0 Å². The van der Waals surface area contributed by atoms with E-state index in [4.69, 9.17) is 9.47 Å². The Hall–Kier alpha value is -0.530. The Labute approximate surface area is 120 Å². The van der Waals surface area contributed by atoms with Gasteiger partial charge in [-0.2, -0.15) is 0 Å². The zero-order chi connectivity index (χ0) is 13.5. The summed E-state index contributed by atoms with van der Waals surface area (Å²) in [5.74, 6) is -0.409. The summed E-state index contributed by atoms with van der Waals surface area (Å²) < 4.78 is 10.8. The van der Waals surface area contributed by atoms with E-state index < -0.39 is 11.7 Å². The van der Waals surface area contributed by atoms with Gasteiger partial charge in [-0.3, -0.25) is 4.79 Å². The number of hydrogen-bond donors (Lipinski definition) is 1. The van der Waals surface area contributed by atoms with Gasteiger partial charge in [0.1, 0.15) is 11.7 Å². The van der Waals surface area contributed by atoms with Gasteiger partial charge < -0.3 is 14.8 Å². The number of carbonyl (C=O) groups is 2. The fraction of sp³-hybridized carbons (Fsp3) is 0.833. The predicted molar refractivity (Wildman–Crippen MR) is 73.6 cm³/mol. The monoisotopic (exact) mass is 367 g/mol. The molecule has 0 unspecified atom stereocenters. The van der Waals surface area contributed by atoms with E-state index in [1.54, 1.807) is 0 Å². The summed E-state index contributed by atoms with van der Waals surface area (Å²) in [6.45, 7) is 5.43. The molecule has 18 heavy (non-hydrogen) atoms. The summed E-state index contributed by atoms with van der Waals surface area (Å²) in [4.78, 5) is 23.4. The average molecular weight is 367 g/mol. The van der Waals surface area contributed by atoms with Crippen LogP contribution in [-0.4, -0.2) is 33.7 Å². The van der Waals surface area contributed by atoms with Gasteiger partial charge in [0.05, 0.1) is 15.9 Å². The van der Waals surface area contributed by atoms with Gasteiger partial charge in [0.25, 0.3) is 0 Å². The van der Waals surface area contributed by atoms with Crippen LogP contribution in [0.3, 0.4) is 0 Å². The number of nitrogens with one attached hydrogen (secondary N) is 1. The number of ether oxygens (including phenoxy) is 2. The van der Waals surface area contributed by atoms with E-state index in [-0.39, 0.29) is 28.0 Å². The van der Waals surface area contributed by atoms with Crippen LogP contribution in [0.1, 0.15) is 33.6 Å². The molecule has 0 radical (unpaired) electrons. The Balaban J connectivity index is 2.01. The zero-order valence-electron chi connectivity index (χ0n) is 10.7. The van der Waals surface area contributed by atoms with E-state index in [0.717, 1.165) is 12.8 Å². The highest BCUT2D eigenvalue weighted by Crippen LogP contribution is 2.38. The SMILES string of the molecule is CC(C)(C)OC(=O)N[C@H]1[C@@H]2OC(=O)[C@H]1CC[C@H]2I. The quantitative estimate of drug-likeness (QED) is 0.438. The molecule has 2 rings (SSSR count). The van der Waals surface area contributed by atoms with Crippen LogP contribution in [0.4, 0.5) is 4.79 Å². The van der Waals surface area contributed by atoms with E-state index in [0.29, 0.717) is 0 Å². The van der Waals surface area contributed by atoms with Crippen LogP contribution in [0.2, 0.25) is 0 Å². The minimum absolute atomic E-state index is 0.194. The molecular weight excluding hydrogens is 349 g/mol. The van der Waals surface area contributed by atoms with Gasteiger partial charge in [-0.25, -0.2) is 4.79 Å². The van der Waals surface area contributed by atoms with Gasteiger partial charge in [0.2, 0.25) is 0 Å². The van der Waals surface area contributed by atoms with Gasteiger partial charge >= 0.3 is 12.1 Å². The number of fused-ring (bicyclic) bond motifs is 2. The maximum Gasteiger partial charge on any atom is 0.408 e. The number of alkyl carbamates (subject to hydrolysis) is 1. The van der Waals surface area contributed by atoms with Crippen molar-refractivity contribution in [2.24, 2.45) is 5.92 Å². The molecule has 1 N–H and O–H groups in total. The van der Waals surface area contributed by atoms with Gasteiger partial charge in [-0.05, 0) is 33.6 Å². The Kier molecular flexibility index (Phi) is 3.75. The van der Waals surface area contributed by atoms with Crippen molar-refractivity contribution in [2.75, 3.05) is 0 Å². The summed E-state index contributed by atoms with van der Waals surface area (Å²) >= 11 is 2.28. The van der Waals surface area contributed by atoms with Gasteiger partial charge in [0, 0.05) is 0 Å². The molecule has 5 nitrogen and oxygen atoms in total. The van der Waals surface area contributed by atoms with Crippen LogP contribution < -0.4 is 5.32 Å². The molecule has 6 heteroatoms. The Morgan fingerprint density at radius 1 is 1.44 bits per heavy atom. The van der Waals surface area contributed by atoms with Crippen molar-refractivity contribution in [2.45, 2.75) is 55.3 Å². The number of hydrogen-bond acceptors (Lipinski definition) is 4. The first kappa shape index (κ1) is 13.9. The van der Waals surface area contributed by atoms with Crippen molar-refractivity contribution in [1.82, 2.24) is 5.32 Å². The Morgan fingerprint density at radius 3 is 2.72 bits per heavy atom. The van der Waals surface area contributed by atoms with Crippen LogP contribution >= 0.6 is 22.6 Å². The first-order valence-corrected chi connectivity index (χ1v) is 7.36. The lowest BCUT2D eigenvalue weighted by molar-refractivity contribution is -0.143. The number of halogens is 1. The van der Waals surface area contributed by atoms with Crippen LogP contribution in [0.5, 0.6) is 0 Å². The third kappa shape index (κ3) is 2.89. The fourth-order valence-corrected chi connectivity index (χ4v) is 3.35. The molecule has 2 bridgehead atoms. The van der Waals surface area contributed by atoms with E-state index in [2.05, 4.69) is 27.9 Å². The molecule has 1 aliphatic heterocycles. The smallest absolute Gasteiger partial charge is 0.408 e. The maximum absolute atomic E-state index is 11.8. The fourth-order valence-electron chi connectivity index (χ4n) is 2.40. The Morgan fingerprint density at radius 2 is 2.11 bits per heavy atom. The van der Waals surface area contributed by atoms with Crippen molar-refractivity contribution in [3.8, 4) is 0 Å². The largest absolute Gasteiger partial charge is 0.459 e. The standard InChI is InChI=1S/C12H18INO4/c1-12(2,3)18-11(16)14-8-6-4-5-7(13)9(8)17-10(6)15/h6-9H,4-5H2,1-3H3,(H,14,16)/t6-,7+,8+,9+/m0/s1. The molecule has 1 amide bonds. The number of carbonyl (C=O) groups excluding carboxylic acids is 2. The third-order valence-corrected chi connectivity index (χ3v) is 4.47. The van der Waals surface area contributed by atoms with E-state index >= 15 is 0 Å². The predicted octanol–water partition coefficient (Wildman–Crippen LogP) is 2.02. The molecule has 2 fully saturated rings. The molecule has 1 saturated carbocycles. The Bertz CT molecular complexity index is 366. The summed E-state index contributed by atoms with van der Waals surface area (Å²) in [5, 5.41) is 2.79. The summed E-state index contributed by atoms with van der Waals surface area (Å²) in [7, 11) is 0. The first-order valence-electron chi connectivity index (χ1n) is 6.12. The molecule has 0 aromatic carbocycles. The molecule has 0 spiro atoms. The highest BCUT2D eigenvalue weighted by atomic mass is 127. The van der Waals surface area contributed by atoms with E-state index in [9.17, 15) is 9.59 Å². The highest BCUT2D eigenvalue weighted by molar-refractivity contribution is 14.1. The van der Waals surface area contributed by atoms with Gasteiger partial charge in [-0.1, -0.05) is 22.6 Å². The molecule has 1 heterocycles. The molecule has 102 valence electrons. The normalized spacial score (nSPS) is 35.0. The van der Waals surface area contributed by atoms with Crippen molar-refractivity contribution in [1.29, 1.82) is 0 Å². The second kappa shape index (κ2) is 4.86. The molecule has 1 aliphatic carbocycles. The lowest BCUT2D eigenvalue weighted by Gasteiger charge is -2.31. The summed E-state index contributed by atoms with van der Waals surface area (Å²) in [6.07, 6.45) is 1.02. The van der Waals surface area contributed by atoms with Crippen molar-refractivity contribution >= 4 is 34.7 Å². The topological polar surface area (TPSA) is 64.6 Å². The molecular formula is C12H18INO4. The van der Waals surface area contributed by atoms with Gasteiger partial charge in [0.15, 0.2) is 0 Å². The second-order valence-corrected chi connectivity index (χ2v) is 7.37. The molecule has 4 atom stereocenters. The highest BCUT2D eigenvalue weighted by Gasteiger charge is 2.51. The van der Waals surface area contributed by atoms with Crippen molar-refractivity contribution in [3.05, 3.63) is 0 Å². The number of amides is 1. The lowest BCUT2D eigenvalue weighted by Crippen LogP contribution is -2.51. The number of alkyl halides is 1. The molecule has 2 aliphatic rings. The number of esters is 1. The third-order valence-electron chi connectivity index (χ3n) is 3.14. The van der Waals surface area contributed by atoms with Crippen molar-refractivity contribution < 1.29 is 19.1 Å². The number of rotatable bonds is 1. The summed E-state index contributed by atoms with van der Waals surface area (Å²) in [5.41, 5.74) is -0.535. The van der Waals surface area contributed by atoms with Crippen LogP contribution in [-0.2, 0) is 14.3 Å². The maximum atomic E-state index is 11.8. The van der Waals surface area contributed by atoms with Crippen LogP contribution in [0.25, 0.3) is 0 Å². The van der Waals surface area contributed by atoms with E-state index in [1.807, 2.05) is 20.8 Å². The molecule has 1 saturated heterocycles. The minimum Gasteiger partial charge on any atom is -0.459 e. The van der Waals surface area contributed by atoms with Crippen LogP contribution in [0, 0.1) is 5.92 Å². The van der Waals surface area contributed by atoms with Crippen molar-refractivity contribution in [3.63, 3.8) is 0 Å². The van der Waals surface area contributed by atoms with Gasteiger partial charge in [-0.15, -0.1) is 0 Å². The molecule has 0 aromatic rings.